The molecule has 0 radical (unpaired) electrons. The van der Waals surface area contributed by atoms with Crippen LogP contribution in [-0.2, 0) is 10.0 Å². The molecule has 0 saturated carbocycles. The molecule has 0 amide bonds. The Bertz CT molecular complexity index is 792. The fourth-order valence-corrected chi connectivity index (χ4v) is 3.97. The molecule has 0 atom stereocenters. The van der Waals surface area contributed by atoms with Crippen molar-refractivity contribution < 1.29 is 12.8 Å². The molecule has 0 spiro atoms. The van der Waals surface area contributed by atoms with Crippen molar-refractivity contribution in [3.8, 4) is 0 Å². The largest absolute Gasteiger partial charge is 0.398 e. The lowest BCUT2D eigenvalue weighted by Gasteiger charge is -2.13. The maximum Gasteiger partial charge on any atom is 0.262 e. The van der Waals surface area contributed by atoms with Gasteiger partial charge in [0.15, 0.2) is 0 Å². The fraction of sp³-hybridized carbons (Fsp3) is 0.0769. The SMILES string of the molecule is Cc1c(N)cc(Br)cc1S(=O)(=O)Nc1cc(F)cc(Cl)c1. The highest BCUT2D eigenvalue weighted by Crippen LogP contribution is 2.28. The van der Waals surface area contributed by atoms with E-state index in [9.17, 15) is 12.8 Å². The van der Waals surface area contributed by atoms with Gasteiger partial charge in [-0.3, -0.25) is 4.72 Å². The van der Waals surface area contributed by atoms with E-state index in [1.54, 1.807) is 13.0 Å². The number of nitrogens with one attached hydrogen (secondary N) is 1. The Morgan fingerprint density at radius 1 is 1.24 bits per heavy atom. The van der Waals surface area contributed by atoms with Crippen molar-refractivity contribution in [1.29, 1.82) is 0 Å². The van der Waals surface area contributed by atoms with Crippen LogP contribution in [0.5, 0.6) is 0 Å². The summed E-state index contributed by atoms with van der Waals surface area (Å²) in [4.78, 5) is 0.00904. The molecule has 2 aromatic carbocycles. The summed E-state index contributed by atoms with van der Waals surface area (Å²) < 4.78 is 40.9. The van der Waals surface area contributed by atoms with Gasteiger partial charge in [-0.25, -0.2) is 12.8 Å². The zero-order valence-electron chi connectivity index (χ0n) is 10.8. The van der Waals surface area contributed by atoms with Gasteiger partial charge in [0.25, 0.3) is 10.0 Å². The van der Waals surface area contributed by atoms with E-state index in [4.69, 9.17) is 17.3 Å². The first-order chi connectivity index (χ1) is 9.69. The number of hydrogen-bond acceptors (Lipinski definition) is 3. The van der Waals surface area contributed by atoms with Crippen LogP contribution < -0.4 is 10.5 Å². The monoisotopic (exact) mass is 392 g/mol. The Morgan fingerprint density at radius 2 is 1.90 bits per heavy atom. The second-order valence-electron chi connectivity index (χ2n) is 4.38. The molecule has 3 N–H and O–H groups in total. The lowest BCUT2D eigenvalue weighted by molar-refractivity contribution is 0.600. The molecule has 8 heteroatoms. The van der Waals surface area contributed by atoms with Gasteiger partial charge >= 0.3 is 0 Å². The van der Waals surface area contributed by atoms with Crippen molar-refractivity contribution in [2.75, 3.05) is 10.5 Å². The molecule has 4 nitrogen and oxygen atoms in total. The van der Waals surface area contributed by atoms with Crippen LogP contribution in [0.4, 0.5) is 15.8 Å². The summed E-state index contributed by atoms with van der Waals surface area (Å²) in [5.41, 5.74) is 6.54. The van der Waals surface area contributed by atoms with Crippen LogP contribution in [-0.4, -0.2) is 8.42 Å². The highest BCUT2D eigenvalue weighted by atomic mass is 79.9. The van der Waals surface area contributed by atoms with Crippen LogP contribution in [0.15, 0.2) is 39.7 Å². The molecule has 0 aliphatic carbocycles. The summed E-state index contributed by atoms with van der Waals surface area (Å²) in [5, 5.41) is 0.0955. The van der Waals surface area contributed by atoms with E-state index in [1.807, 2.05) is 0 Å². The zero-order chi connectivity index (χ0) is 15.8. The number of nitrogens with two attached hydrogens (primary N) is 1. The zero-order valence-corrected chi connectivity index (χ0v) is 14.0. The molecule has 2 aromatic rings. The minimum Gasteiger partial charge on any atom is -0.398 e. The van der Waals surface area contributed by atoms with Crippen LogP contribution in [0.2, 0.25) is 5.02 Å². The highest BCUT2D eigenvalue weighted by Gasteiger charge is 2.19. The Kier molecular flexibility index (Phi) is 4.46. The van der Waals surface area contributed by atoms with Crippen molar-refractivity contribution in [2.24, 2.45) is 0 Å². The lowest BCUT2D eigenvalue weighted by Crippen LogP contribution is -2.15. The molecule has 0 unspecified atom stereocenters. The normalized spacial score (nSPS) is 11.4. The van der Waals surface area contributed by atoms with Gasteiger partial charge in [-0.2, -0.15) is 0 Å². The maximum atomic E-state index is 13.3. The summed E-state index contributed by atoms with van der Waals surface area (Å²) >= 11 is 8.90. The van der Waals surface area contributed by atoms with Gasteiger partial charge < -0.3 is 5.73 Å². The number of benzene rings is 2. The molecule has 21 heavy (non-hydrogen) atoms. The van der Waals surface area contributed by atoms with Gasteiger partial charge in [0.05, 0.1) is 10.6 Å². The molecule has 0 saturated heterocycles. The predicted molar refractivity (Wildman–Crippen MR) is 85.5 cm³/mol. The summed E-state index contributed by atoms with van der Waals surface area (Å²) in [6.45, 7) is 1.59. The highest BCUT2D eigenvalue weighted by molar-refractivity contribution is 9.10. The third-order valence-electron chi connectivity index (χ3n) is 2.77. The fourth-order valence-electron chi connectivity index (χ4n) is 1.78. The van der Waals surface area contributed by atoms with E-state index in [0.717, 1.165) is 12.1 Å². The van der Waals surface area contributed by atoms with Gasteiger partial charge in [0.2, 0.25) is 0 Å². The van der Waals surface area contributed by atoms with Crippen molar-refractivity contribution in [2.45, 2.75) is 11.8 Å². The van der Waals surface area contributed by atoms with E-state index >= 15 is 0 Å². The van der Waals surface area contributed by atoms with Crippen LogP contribution in [0, 0.1) is 12.7 Å². The third kappa shape index (κ3) is 3.66. The maximum absolute atomic E-state index is 13.3. The molecular formula is C13H11BrClFN2O2S. The van der Waals surface area contributed by atoms with E-state index in [1.165, 1.54) is 12.1 Å². The average molecular weight is 394 g/mol. The summed E-state index contributed by atoms with van der Waals surface area (Å²) in [5.74, 6) is -0.634. The van der Waals surface area contributed by atoms with E-state index < -0.39 is 15.8 Å². The van der Waals surface area contributed by atoms with Gasteiger partial charge in [-0.1, -0.05) is 27.5 Å². The molecule has 0 bridgehead atoms. The van der Waals surface area contributed by atoms with Crippen LogP contribution >= 0.6 is 27.5 Å². The second kappa shape index (κ2) is 5.82. The minimum atomic E-state index is -3.91. The number of hydrogen-bond donors (Lipinski definition) is 2. The van der Waals surface area contributed by atoms with Crippen LogP contribution in [0.25, 0.3) is 0 Å². The minimum absolute atomic E-state index is 0.00904. The molecular weight excluding hydrogens is 383 g/mol. The first kappa shape index (κ1) is 16.1. The van der Waals surface area contributed by atoms with Crippen molar-refractivity contribution in [1.82, 2.24) is 0 Å². The molecule has 0 fully saturated rings. The van der Waals surface area contributed by atoms with E-state index in [-0.39, 0.29) is 15.6 Å². The molecule has 0 aromatic heterocycles. The number of anilines is 2. The average Bonchev–Trinajstić information content (AvgIpc) is 2.31. The molecule has 0 aliphatic rings. The summed E-state index contributed by atoms with van der Waals surface area (Å²) in [6, 6.07) is 6.48. The topological polar surface area (TPSA) is 72.2 Å². The third-order valence-corrected chi connectivity index (χ3v) is 4.95. The van der Waals surface area contributed by atoms with Gasteiger partial charge in [-0.05, 0) is 42.8 Å². The molecule has 112 valence electrons. The van der Waals surface area contributed by atoms with Gasteiger partial charge in [0.1, 0.15) is 5.82 Å². The Morgan fingerprint density at radius 3 is 2.52 bits per heavy atom. The Hall–Kier alpha value is -1.31. The summed E-state index contributed by atoms with van der Waals surface area (Å²) in [6.07, 6.45) is 0. The van der Waals surface area contributed by atoms with E-state index in [0.29, 0.717) is 15.7 Å². The number of nitrogen functional groups attached to an aromatic ring is 1. The Balaban J connectivity index is 2.48. The second-order valence-corrected chi connectivity index (χ2v) is 7.38. The predicted octanol–water partition coefficient (Wildman–Crippen LogP) is 3.93. The van der Waals surface area contributed by atoms with Gasteiger partial charge in [0, 0.05) is 15.2 Å². The standard InChI is InChI=1S/C13H11BrClFN2O2S/c1-7-12(17)2-8(14)3-13(7)21(19,20)18-11-5-9(15)4-10(16)6-11/h2-6,18H,17H2,1H3. The first-order valence-electron chi connectivity index (χ1n) is 5.73. The molecule has 0 heterocycles. The van der Waals surface area contributed by atoms with Crippen LogP contribution in [0.1, 0.15) is 5.56 Å². The number of rotatable bonds is 3. The van der Waals surface area contributed by atoms with E-state index in [2.05, 4.69) is 20.7 Å². The van der Waals surface area contributed by atoms with Gasteiger partial charge in [-0.15, -0.1) is 0 Å². The van der Waals surface area contributed by atoms with Crippen molar-refractivity contribution >= 4 is 48.9 Å². The summed E-state index contributed by atoms with van der Waals surface area (Å²) in [7, 11) is -3.91. The number of halogens is 3. The molecule has 2 rings (SSSR count). The smallest absolute Gasteiger partial charge is 0.262 e. The first-order valence-corrected chi connectivity index (χ1v) is 8.39. The lowest BCUT2D eigenvalue weighted by atomic mass is 10.2. The number of sulfonamides is 1. The van der Waals surface area contributed by atoms with Crippen molar-refractivity contribution in [3.05, 3.63) is 51.2 Å². The van der Waals surface area contributed by atoms with Crippen LogP contribution in [0.3, 0.4) is 0 Å². The van der Waals surface area contributed by atoms with Crippen molar-refractivity contribution in [3.63, 3.8) is 0 Å². The molecule has 0 aliphatic heterocycles. The quantitative estimate of drug-likeness (QED) is 0.776. The Labute approximate surface area is 135 Å².